The zero-order valence-electron chi connectivity index (χ0n) is 9.27. The average molecular weight is 298 g/mol. The van der Waals surface area contributed by atoms with Crippen LogP contribution in [0.25, 0.3) is 10.2 Å². The summed E-state index contributed by atoms with van der Waals surface area (Å²) >= 11 is 13.7. The van der Waals surface area contributed by atoms with Crippen molar-refractivity contribution in [3.63, 3.8) is 0 Å². The maximum atomic E-state index is 6.30. The molecule has 3 rings (SSSR count). The first-order valence-electron chi connectivity index (χ1n) is 5.46. The highest BCUT2D eigenvalue weighted by molar-refractivity contribution is 7.18. The Morgan fingerprint density at radius 1 is 1.22 bits per heavy atom. The number of fused-ring (bicyclic) bond motifs is 1. The molecule has 0 radical (unpaired) electrons. The summed E-state index contributed by atoms with van der Waals surface area (Å²) in [4.78, 5) is 4.54. The molecule has 92 valence electrons. The highest BCUT2D eigenvalue weighted by Crippen LogP contribution is 2.31. The van der Waals surface area contributed by atoms with Gasteiger partial charge in [0.1, 0.15) is 5.76 Å². The normalized spacial score (nSPS) is 13.0. The summed E-state index contributed by atoms with van der Waals surface area (Å²) in [5.74, 6) is 0.681. The van der Waals surface area contributed by atoms with Crippen LogP contribution in [-0.2, 0) is 6.42 Å². The Kier molecular flexibility index (Phi) is 3.29. The maximum Gasteiger partial charge on any atom is 0.193 e. The number of para-hydroxylation sites is 1. The number of halogens is 2. The Bertz CT molecular complexity index is 643. The lowest BCUT2D eigenvalue weighted by atomic mass is 10.2. The SMILES string of the molecule is Clc1ccc(C(Cl)Cc2nc3ccccc3s2)o1. The minimum Gasteiger partial charge on any atom is -0.448 e. The number of hydrogen-bond donors (Lipinski definition) is 0. The summed E-state index contributed by atoms with van der Waals surface area (Å²) in [6.45, 7) is 0. The molecule has 5 heteroatoms. The Labute approximate surface area is 118 Å². The topological polar surface area (TPSA) is 26.0 Å². The van der Waals surface area contributed by atoms with Crippen molar-refractivity contribution in [2.45, 2.75) is 11.8 Å². The molecule has 18 heavy (non-hydrogen) atoms. The predicted molar refractivity (Wildman–Crippen MR) is 75.6 cm³/mol. The van der Waals surface area contributed by atoms with Gasteiger partial charge in [-0.15, -0.1) is 22.9 Å². The number of benzene rings is 1. The Morgan fingerprint density at radius 3 is 2.78 bits per heavy atom. The molecule has 0 aliphatic rings. The molecule has 1 unspecified atom stereocenters. The van der Waals surface area contributed by atoms with Crippen LogP contribution < -0.4 is 0 Å². The third-order valence-electron chi connectivity index (χ3n) is 2.59. The van der Waals surface area contributed by atoms with Gasteiger partial charge in [-0.25, -0.2) is 4.98 Å². The summed E-state index contributed by atoms with van der Waals surface area (Å²) in [5.41, 5.74) is 1.01. The number of hydrogen-bond acceptors (Lipinski definition) is 3. The summed E-state index contributed by atoms with van der Waals surface area (Å²) in [5, 5.41) is 1.13. The van der Waals surface area contributed by atoms with Crippen molar-refractivity contribution in [2.75, 3.05) is 0 Å². The maximum absolute atomic E-state index is 6.30. The molecule has 0 fully saturated rings. The quantitative estimate of drug-likeness (QED) is 0.631. The molecule has 0 aliphatic carbocycles. The molecule has 0 aliphatic heterocycles. The van der Waals surface area contributed by atoms with Crippen molar-refractivity contribution in [1.29, 1.82) is 0 Å². The lowest BCUT2D eigenvalue weighted by Gasteiger charge is -2.02. The lowest BCUT2D eigenvalue weighted by molar-refractivity contribution is 0.504. The minimum absolute atomic E-state index is 0.238. The van der Waals surface area contributed by atoms with Crippen LogP contribution in [0.5, 0.6) is 0 Å². The number of rotatable bonds is 3. The predicted octanol–water partition coefficient (Wildman–Crippen LogP) is 5.07. The molecule has 0 bridgehead atoms. The summed E-state index contributed by atoms with van der Waals surface area (Å²) in [6, 6.07) is 11.6. The van der Waals surface area contributed by atoms with Crippen molar-refractivity contribution < 1.29 is 4.42 Å². The molecule has 1 aromatic carbocycles. The first-order valence-corrected chi connectivity index (χ1v) is 7.09. The van der Waals surface area contributed by atoms with Gasteiger partial charge in [-0.2, -0.15) is 0 Å². The lowest BCUT2D eigenvalue weighted by Crippen LogP contribution is -1.93. The highest BCUT2D eigenvalue weighted by atomic mass is 35.5. The van der Waals surface area contributed by atoms with Crippen molar-refractivity contribution in [2.24, 2.45) is 0 Å². The number of thiazole rings is 1. The van der Waals surface area contributed by atoms with E-state index >= 15 is 0 Å². The molecule has 2 aromatic heterocycles. The summed E-state index contributed by atoms with van der Waals surface area (Å²) in [7, 11) is 0. The third-order valence-corrected chi connectivity index (χ3v) is 4.23. The van der Waals surface area contributed by atoms with Gasteiger partial charge >= 0.3 is 0 Å². The summed E-state index contributed by atoms with van der Waals surface area (Å²) < 4.78 is 6.48. The highest BCUT2D eigenvalue weighted by Gasteiger charge is 2.15. The molecule has 1 atom stereocenters. The largest absolute Gasteiger partial charge is 0.448 e. The van der Waals surface area contributed by atoms with Gasteiger partial charge in [-0.3, -0.25) is 0 Å². The van der Waals surface area contributed by atoms with E-state index < -0.39 is 0 Å². The number of furan rings is 1. The third kappa shape index (κ3) is 2.39. The standard InChI is InChI=1S/C13H9Cl2NOS/c14-8(10-5-6-12(15)17-10)7-13-16-9-3-1-2-4-11(9)18-13/h1-6,8H,7H2. The molecule has 2 nitrogen and oxygen atoms in total. The van der Waals surface area contributed by atoms with E-state index in [-0.39, 0.29) is 5.38 Å². The molecule has 0 N–H and O–H groups in total. The van der Waals surface area contributed by atoms with Gasteiger partial charge in [0.25, 0.3) is 0 Å². The van der Waals surface area contributed by atoms with Crippen LogP contribution in [0.3, 0.4) is 0 Å². The van der Waals surface area contributed by atoms with E-state index in [1.54, 1.807) is 23.5 Å². The van der Waals surface area contributed by atoms with Gasteiger partial charge in [0.05, 0.1) is 20.6 Å². The van der Waals surface area contributed by atoms with E-state index in [9.17, 15) is 0 Å². The van der Waals surface area contributed by atoms with Crippen LogP contribution in [0.2, 0.25) is 5.22 Å². The van der Waals surface area contributed by atoms with Gasteiger partial charge in [-0.1, -0.05) is 12.1 Å². The van der Waals surface area contributed by atoms with E-state index in [2.05, 4.69) is 11.1 Å². The first kappa shape index (κ1) is 12.0. The average Bonchev–Trinajstić information content (AvgIpc) is 2.94. The second-order valence-electron chi connectivity index (χ2n) is 3.89. The molecule has 0 amide bonds. The van der Waals surface area contributed by atoms with Gasteiger partial charge < -0.3 is 4.42 Å². The van der Waals surface area contributed by atoms with E-state index in [1.165, 1.54) is 4.70 Å². The monoisotopic (exact) mass is 297 g/mol. The van der Waals surface area contributed by atoms with Crippen LogP contribution >= 0.6 is 34.5 Å². The Morgan fingerprint density at radius 2 is 2.06 bits per heavy atom. The van der Waals surface area contributed by atoms with Crippen molar-refractivity contribution in [3.05, 3.63) is 52.4 Å². The van der Waals surface area contributed by atoms with Crippen LogP contribution in [0.4, 0.5) is 0 Å². The van der Waals surface area contributed by atoms with E-state index in [0.717, 1.165) is 10.5 Å². The Balaban J connectivity index is 1.83. The van der Waals surface area contributed by atoms with Crippen LogP contribution in [0.15, 0.2) is 40.8 Å². The molecule has 3 aromatic rings. The first-order chi connectivity index (χ1) is 8.72. The number of nitrogens with zero attached hydrogens (tertiary/aromatic N) is 1. The zero-order chi connectivity index (χ0) is 12.5. The second-order valence-corrected chi connectivity index (χ2v) is 5.90. The number of aromatic nitrogens is 1. The fourth-order valence-electron chi connectivity index (χ4n) is 1.76. The van der Waals surface area contributed by atoms with Crippen molar-refractivity contribution in [3.8, 4) is 0 Å². The minimum atomic E-state index is -0.238. The molecule has 0 saturated heterocycles. The van der Waals surface area contributed by atoms with Crippen molar-refractivity contribution in [1.82, 2.24) is 4.98 Å². The molecule has 0 saturated carbocycles. The van der Waals surface area contributed by atoms with E-state index in [4.69, 9.17) is 27.6 Å². The van der Waals surface area contributed by atoms with Crippen molar-refractivity contribution >= 4 is 44.8 Å². The van der Waals surface area contributed by atoms with Crippen LogP contribution in [0.1, 0.15) is 16.1 Å². The van der Waals surface area contributed by atoms with E-state index in [0.29, 0.717) is 17.4 Å². The molecular formula is C13H9Cl2NOS. The van der Waals surface area contributed by atoms with Gasteiger partial charge in [-0.05, 0) is 35.9 Å². The fourth-order valence-corrected chi connectivity index (χ4v) is 3.28. The summed E-state index contributed by atoms with van der Waals surface area (Å²) in [6.07, 6.45) is 0.644. The van der Waals surface area contributed by atoms with Gasteiger partial charge in [0.15, 0.2) is 5.22 Å². The van der Waals surface area contributed by atoms with Gasteiger partial charge in [0.2, 0.25) is 0 Å². The second kappa shape index (κ2) is 4.92. The molecular weight excluding hydrogens is 289 g/mol. The Hall–Kier alpha value is -1.03. The fraction of sp³-hybridized carbons (Fsp3) is 0.154. The smallest absolute Gasteiger partial charge is 0.193 e. The van der Waals surface area contributed by atoms with E-state index in [1.807, 2.05) is 18.2 Å². The number of alkyl halides is 1. The molecule has 0 spiro atoms. The van der Waals surface area contributed by atoms with Crippen LogP contribution in [-0.4, -0.2) is 4.98 Å². The van der Waals surface area contributed by atoms with Crippen LogP contribution in [0, 0.1) is 0 Å². The molecule has 2 heterocycles. The zero-order valence-corrected chi connectivity index (χ0v) is 11.6. The van der Waals surface area contributed by atoms with Gasteiger partial charge in [0, 0.05) is 6.42 Å².